The van der Waals surface area contributed by atoms with Crippen LogP contribution in [0.15, 0.2) is 24.0 Å². The van der Waals surface area contributed by atoms with Gasteiger partial charge in [-0.05, 0) is 31.3 Å². The molecule has 1 N–H and O–H groups in total. The van der Waals surface area contributed by atoms with E-state index < -0.39 is 0 Å². The van der Waals surface area contributed by atoms with E-state index in [1.54, 1.807) is 0 Å². The van der Waals surface area contributed by atoms with Crippen molar-refractivity contribution in [3.8, 4) is 0 Å². The largest absolute Gasteiger partial charge is 0.495 e. The Morgan fingerprint density at radius 1 is 1.38 bits per heavy atom. The summed E-state index contributed by atoms with van der Waals surface area (Å²) in [7, 11) is 0. The third-order valence-corrected chi connectivity index (χ3v) is 2.78. The van der Waals surface area contributed by atoms with E-state index in [4.69, 9.17) is 4.74 Å². The fourth-order valence-corrected chi connectivity index (χ4v) is 1.98. The summed E-state index contributed by atoms with van der Waals surface area (Å²) < 4.78 is 5.35. The molecule has 0 aromatic rings. The van der Waals surface area contributed by atoms with Gasteiger partial charge in [0.05, 0.1) is 6.61 Å². The number of hydrogen-bond acceptors (Lipinski definition) is 2. The topological polar surface area (TPSA) is 29.5 Å². The Labute approximate surface area is 78.9 Å². The maximum atomic E-state index is 9.95. The highest BCUT2D eigenvalue weighted by atomic mass is 16.5. The number of aliphatic hydroxyl groups is 1. The molecular weight excluding hydrogens is 164 g/mol. The van der Waals surface area contributed by atoms with E-state index >= 15 is 0 Å². The van der Waals surface area contributed by atoms with Gasteiger partial charge in [-0.3, -0.25) is 0 Å². The van der Waals surface area contributed by atoms with E-state index in [-0.39, 0.29) is 6.10 Å². The molecule has 0 radical (unpaired) electrons. The number of rotatable bonds is 2. The summed E-state index contributed by atoms with van der Waals surface area (Å²) in [5, 5.41) is 9.95. The summed E-state index contributed by atoms with van der Waals surface area (Å²) in [6.07, 6.45) is 10.1. The monoisotopic (exact) mass is 180 g/mol. The Kier molecular flexibility index (Phi) is 2.69. The van der Waals surface area contributed by atoms with Crippen LogP contribution in [-0.2, 0) is 4.74 Å². The summed E-state index contributed by atoms with van der Waals surface area (Å²) in [6.45, 7) is 0.745. The SMILES string of the molecule is OC(C1=CCCO1)C1CC=CCC1. The summed E-state index contributed by atoms with van der Waals surface area (Å²) >= 11 is 0. The molecule has 0 saturated carbocycles. The number of ether oxygens (including phenoxy) is 1. The van der Waals surface area contributed by atoms with Crippen LogP contribution in [0.2, 0.25) is 0 Å². The van der Waals surface area contributed by atoms with Crippen molar-refractivity contribution in [1.82, 2.24) is 0 Å². The van der Waals surface area contributed by atoms with Gasteiger partial charge in [0.2, 0.25) is 0 Å². The summed E-state index contributed by atoms with van der Waals surface area (Å²) in [5.41, 5.74) is 0. The molecule has 1 heterocycles. The first-order valence-electron chi connectivity index (χ1n) is 5.04. The van der Waals surface area contributed by atoms with Crippen molar-refractivity contribution in [2.24, 2.45) is 5.92 Å². The van der Waals surface area contributed by atoms with Gasteiger partial charge in [0.25, 0.3) is 0 Å². The second-order valence-corrected chi connectivity index (χ2v) is 3.73. The zero-order chi connectivity index (χ0) is 9.10. The van der Waals surface area contributed by atoms with E-state index in [1.165, 1.54) is 0 Å². The molecule has 0 saturated heterocycles. The average molecular weight is 180 g/mol. The fourth-order valence-electron chi connectivity index (χ4n) is 1.98. The number of hydrogen-bond donors (Lipinski definition) is 1. The van der Waals surface area contributed by atoms with E-state index in [0.717, 1.165) is 38.0 Å². The van der Waals surface area contributed by atoms with Crippen molar-refractivity contribution in [1.29, 1.82) is 0 Å². The van der Waals surface area contributed by atoms with Gasteiger partial charge in [0.1, 0.15) is 11.9 Å². The average Bonchev–Trinajstić information content (AvgIpc) is 2.71. The lowest BCUT2D eigenvalue weighted by atomic mass is 9.88. The van der Waals surface area contributed by atoms with Crippen molar-refractivity contribution in [3.05, 3.63) is 24.0 Å². The van der Waals surface area contributed by atoms with Crippen LogP contribution in [0.3, 0.4) is 0 Å². The van der Waals surface area contributed by atoms with Crippen molar-refractivity contribution in [2.45, 2.75) is 31.8 Å². The minimum atomic E-state index is -0.368. The third kappa shape index (κ3) is 1.94. The smallest absolute Gasteiger partial charge is 0.121 e. The molecule has 1 aliphatic carbocycles. The van der Waals surface area contributed by atoms with Gasteiger partial charge < -0.3 is 9.84 Å². The summed E-state index contributed by atoms with van der Waals surface area (Å²) in [4.78, 5) is 0. The highest BCUT2D eigenvalue weighted by Crippen LogP contribution is 2.27. The molecule has 2 heteroatoms. The van der Waals surface area contributed by atoms with Crippen LogP contribution in [0.1, 0.15) is 25.7 Å². The molecular formula is C11H16O2. The third-order valence-electron chi connectivity index (χ3n) is 2.78. The molecule has 2 unspecified atom stereocenters. The normalized spacial score (nSPS) is 29.6. The maximum Gasteiger partial charge on any atom is 0.121 e. The van der Waals surface area contributed by atoms with Crippen molar-refractivity contribution < 1.29 is 9.84 Å². The Morgan fingerprint density at radius 2 is 2.31 bits per heavy atom. The fraction of sp³-hybridized carbons (Fsp3) is 0.636. The first-order valence-corrected chi connectivity index (χ1v) is 5.04. The van der Waals surface area contributed by atoms with Gasteiger partial charge in [0, 0.05) is 6.42 Å². The standard InChI is InChI=1S/C11H16O2/c12-11(10-7-4-8-13-10)9-5-2-1-3-6-9/h1-2,7,9,11-12H,3-6,8H2. The van der Waals surface area contributed by atoms with E-state index in [9.17, 15) is 5.11 Å². The van der Waals surface area contributed by atoms with Gasteiger partial charge in [0.15, 0.2) is 0 Å². The number of aliphatic hydroxyl groups excluding tert-OH is 1. The lowest BCUT2D eigenvalue weighted by Gasteiger charge is -2.24. The molecule has 0 fully saturated rings. The van der Waals surface area contributed by atoms with Gasteiger partial charge in [-0.1, -0.05) is 12.2 Å². The molecule has 0 aromatic carbocycles. The summed E-state index contributed by atoms with van der Waals surface area (Å²) in [6, 6.07) is 0. The van der Waals surface area contributed by atoms with Gasteiger partial charge in [-0.15, -0.1) is 0 Å². The minimum Gasteiger partial charge on any atom is -0.495 e. The zero-order valence-electron chi connectivity index (χ0n) is 7.78. The molecule has 2 aliphatic rings. The Hall–Kier alpha value is -0.760. The molecule has 2 atom stereocenters. The quantitative estimate of drug-likeness (QED) is 0.659. The zero-order valence-corrected chi connectivity index (χ0v) is 7.78. The van der Waals surface area contributed by atoms with Crippen LogP contribution in [0.25, 0.3) is 0 Å². The molecule has 0 bridgehead atoms. The van der Waals surface area contributed by atoms with Crippen LogP contribution in [0.5, 0.6) is 0 Å². The predicted octanol–water partition coefficient (Wildman–Crippen LogP) is 2.01. The molecule has 2 nitrogen and oxygen atoms in total. The molecule has 0 aromatic heterocycles. The molecule has 2 rings (SSSR count). The molecule has 13 heavy (non-hydrogen) atoms. The Bertz CT molecular complexity index is 230. The lowest BCUT2D eigenvalue weighted by Crippen LogP contribution is -2.23. The number of allylic oxidation sites excluding steroid dienone is 2. The van der Waals surface area contributed by atoms with E-state index in [0.29, 0.717) is 5.92 Å². The summed E-state index contributed by atoms with van der Waals surface area (Å²) in [5.74, 6) is 1.18. The van der Waals surface area contributed by atoms with Crippen LogP contribution < -0.4 is 0 Å². The van der Waals surface area contributed by atoms with Crippen LogP contribution in [0, 0.1) is 5.92 Å². The minimum absolute atomic E-state index is 0.368. The molecule has 0 spiro atoms. The van der Waals surface area contributed by atoms with Crippen LogP contribution in [-0.4, -0.2) is 17.8 Å². The Morgan fingerprint density at radius 3 is 2.92 bits per heavy atom. The van der Waals surface area contributed by atoms with Crippen LogP contribution in [0.4, 0.5) is 0 Å². The highest BCUT2D eigenvalue weighted by Gasteiger charge is 2.25. The van der Waals surface area contributed by atoms with Gasteiger partial charge in [-0.25, -0.2) is 0 Å². The van der Waals surface area contributed by atoms with Gasteiger partial charge >= 0.3 is 0 Å². The van der Waals surface area contributed by atoms with E-state index in [1.807, 2.05) is 6.08 Å². The molecule has 72 valence electrons. The lowest BCUT2D eigenvalue weighted by molar-refractivity contribution is 0.0704. The second-order valence-electron chi connectivity index (χ2n) is 3.73. The highest BCUT2D eigenvalue weighted by molar-refractivity contribution is 5.08. The van der Waals surface area contributed by atoms with Crippen molar-refractivity contribution in [2.75, 3.05) is 6.61 Å². The van der Waals surface area contributed by atoms with Gasteiger partial charge in [-0.2, -0.15) is 0 Å². The van der Waals surface area contributed by atoms with E-state index in [2.05, 4.69) is 12.2 Å². The van der Waals surface area contributed by atoms with Crippen LogP contribution >= 0.6 is 0 Å². The van der Waals surface area contributed by atoms with Crippen molar-refractivity contribution in [3.63, 3.8) is 0 Å². The molecule has 1 aliphatic heterocycles. The van der Waals surface area contributed by atoms with Crippen molar-refractivity contribution >= 4 is 0 Å². The first-order chi connectivity index (χ1) is 6.38. The second kappa shape index (κ2) is 3.97. The predicted molar refractivity (Wildman–Crippen MR) is 51.1 cm³/mol. The maximum absolute atomic E-state index is 9.95. The first kappa shape index (κ1) is 8.82. The Balaban J connectivity index is 1.95. The molecule has 0 amide bonds.